The van der Waals surface area contributed by atoms with Crippen LogP contribution in [0.1, 0.15) is 90.4 Å². The Hall–Kier alpha value is -0.810. The van der Waals surface area contributed by atoms with Crippen LogP contribution in [0.2, 0.25) is 0 Å². The Morgan fingerprint density at radius 2 is 1.52 bits per heavy atom. The normalized spacial score (nSPS) is 11.4. The summed E-state index contributed by atoms with van der Waals surface area (Å²) in [4.78, 5) is 25.3. The molecule has 0 radical (unpaired) electrons. The SMILES string of the molecule is CCCOC(=O)C/C=C\CCCCCCCCCCCC(=O)CSCCN(C)C. The highest BCUT2D eigenvalue weighted by atomic mass is 32.2. The Kier molecular flexibility index (Phi) is 21.3. The lowest BCUT2D eigenvalue weighted by atomic mass is 10.0. The number of hydrogen-bond donors (Lipinski definition) is 0. The van der Waals surface area contributed by atoms with Crippen molar-refractivity contribution in [3.05, 3.63) is 12.2 Å². The largest absolute Gasteiger partial charge is 0.465 e. The number of nitrogens with zero attached hydrogens (tertiary/aromatic N) is 1. The molecule has 0 heterocycles. The summed E-state index contributed by atoms with van der Waals surface area (Å²) in [5.74, 6) is 2.03. The number of ether oxygens (including phenoxy) is 1. The van der Waals surface area contributed by atoms with Gasteiger partial charge in [-0.1, -0.05) is 64.0 Å². The first-order valence-corrected chi connectivity index (χ1v) is 12.8. The van der Waals surface area contributed by atoms with Crippen LogP contribution in [-0.4, -0.2) is 55.4 Å². The van der Waals surface area contributed by atoms with E-state index in [-0.39, 0.29) is 5.97 Å². The first kappa shape index (κ1) is 28.2. The van der Waals surface area contributed by atoms with E-state index in [1.165, 1.54) is 51.4 Å². The molecule has 0 aromatic rings. The minimum absolute atomic E-state index is 0.119. The van der Waals surface area contributed by atoms with Gasteiger partial charge in [0, 0.05) is 18.7 Å². The van der Waals surface area contributed by atoms with Crippen LogP contribution in [-0.2, 0) is 14.3 Å². The predicted molar refractivity (Wildman–Crippen MR) is 127 cm³/mol. The maximum Gasteiger partial charge on any atom is 0.309 e. The molecule has 0 aromatic carbocycles. The molecule has 0 aromatic heterocycles. The lowest BCUT2D eigenvalue weighted by Gasteiger charge is -2.08. The fourth-order valence-electron chi connectivity index (χ4n) is 2.90. The van der Waals surface area contributed by atoms with Crippen molar-refractivity contribution in [1.29, 1.82) is 0 Å². The molecule has 0 fully saturated rings. The number of carbonyl (C=O) groups excluding carboxylic acids is 2. The highest BCUT2D eigenvalue weighted by molar-refractivity contribution is 7.99. The zero-order chi connectivity index (χ0) is 21.6. The fourth-order valence-corrected chi connectivity index (χ4v) is 3.91. The fraction of sp³-hybridized carbons (Fsp3) is 0.833. The molecular formula is C24H45NO3S. The number of thioether (sulfide) groups is 1. The van der Waals surface area contributed by atoms with Gasteiger partial charge in [0.15, 0.2) is 0 Å². The van der Waals surface area contributed by atoms with Gasteiger partial charge in [-0.3, -0.25) is 9.59 Å². The van der Waals surface area contributed by atoms with E-state index in [0.717, 1.165) is 38.0 Å². The van der Waals surface area contributed by atoms with Gasteiger partial charge in [-0.05, 0) is 39.8 Å². The zero-order valence-corrected chi connectivity index (χ0v) is 20.1. The number of carbonyl (C=O) groups is 2. The molecule has 29 heavy (non-hydrogen) atoms. The molecule has 0 amide bonds. The number of rotatable bonds is 21. The summed E-state index contributed by atoms with van der Waals surface area (Å²) in [6.45, 7) is 3.58. The van der Waals surface area contributed by atoms with E-state index in [0.29, 0.717) is 24.6 Å². The van der Waals surface area contributed by atoms with Crippen LogP contribution in [0, 0.1) is 0 Å². The maximum atomic E-state index is 11.8. The zero-order valence-electron chi connectivity index (χ0n) is 19.3. The Labute approximate surface area is 184 Å². The lowest BCUT2D eigenvalue weighted by Crippen LogP contribution is -2.15. The van der Waals surface area contributed by atoms with Crippen LogP contribution < -0.4 is 0 Å². The van der Waals surface area contributed by atoms with Gasteiger partial charge in [0.2, 0.25) is 0 Å². The minimum atomic E-state index is -0.119. The number of hydrogen-bond acceptors (Lipinski definition) is 5. The van der Waals surface area contributed by atoms with E-state index in [4.69, 9.17) is 4.74 Å². The van der Waals surface area contributed by atoms with Gasteiger partial charge in [-0.25, -0.2) is 0 Å². The second-order valence-corrected chi connectivity index (χ2v) is 9.12. The van der Waals surface area contributed by atoms with Crippen molar-refractivity contribution < 1.29 is 14.3 Å². The molecule has 0 N–H and O–H groups in total. The van der Waals surface area contributed by atoms with Crippen LogP contribution in [0.25, 0.3) is 0 Å². The molecule has 0 saturated carbocycles. The van der Waals surface area contributed by atoms with Gasteiger partial charge in [0.05, 0.1) is 18.8 Å². The highest BCUT2D eigenvalue weighted by Crippen LogP contribution is 2.12. The van der Waals surface area contributed by atoms with Crippen LogP contribution >= 0.6 is 11.8 Å². The van der Waals surface area contributed by atoms with E-state index in [9.17, 15) is 9.59 Å². The van der Waals surface area contributed by atoms with E-state index in [1.807, 2.05) is 13.0 Å². The van der Waals surface area contributed by atoms with E-state index in [1.54, 1.807) is 11.8 Å². The standard InChI is InChI=1S/C24H45NO3S/c1-4-20-28-24(27)18-16-14-12-10-8-6-5-7-9-11-13-15-17-23(26)22-29-21-19-25(2)3/h14,16H,4-13,15,17-22H2,1-3H3/b16-14-. The summed E-state index contributed by atoms with van der Waals surface area (Å²) in [5, 5.41) is 0. The van der Waals surface area contributed by atoms with Gasteiger partial charge >= 0.3 is 5.97 Å². The van der Waals surface area contributed by atoms with E-state index < -0.39 is 0 Å². The van der Waals surface area contributed by atoms with Gasteiger partial charge in [-0.2, -0.15) is 11.8 Å². The van der Waals surface area contributed by atoms with Crippen LogP contribution in [0.3, 0.4) is 0 Å². The van der Waals surface area contributed by atoms with Gasteiger partial charge in [-0.15, -0.1) is 0 Å². The smallest absolute Gasteiger partial charge is 0.309 e. The molecule has 0 aliphatic carbocycles. The number of Topliss-reactive ketones (excluding diaryl/α,β-unsaturated/α-hetero) is 1. The third-order valence-corrected chi connectivity index (χ3v) is 5.69. The average Bonchev–Trinajstić information content (AvgIpc) is 2.69. The van der Waals surface area contributed by atoms with Gasteiger partial charge in [0.25, 0.3) is 0 Å². The van der Waals surface area contributed by atoms with Crippen molar-refractivity contribution in [3.63, 3.8) is 0 Å². The van der Waals surface area contributed by atoms with Crippen molar-refractivity contribution in [1.82, 2.24) is 4.90 Å². The number of allylic oxidation sites excluding steroid dienone is 1. The van der Waals surface area contributed by atoms with Crippen molar-refractivity contribution in [2.75, 3.05) is 38.8 Å². The Balaban J connectivity index is 3.25. The van der Waals surface area contributed by atoms with Crippen molar-refractivity contribution in [3.8, 4) is 0 Å². The second-order valence-electron chi connectivity index (χ2n) is 8.01. The van der Waals surface area contributed by atoms with Crippen LogP contribution in [0.15, 0.2) is 12.2 Å². The molecule has 5 heteroatoms. The molecule has 0 aliphatic rings. The van der Waals surface area contributed by atoms with Crippen molar-refractivity contribution in [2.45, 2.75) is 90.4 Å². The molecule has 4 nitrogen and oxygen atoms in total. The molecule has 170 valence electrons. The summed E-state index contributed by atoms with van der Waals surface area (Å²) in [6, 6.07) is 0. The molecule has 0 atom stereocenters. The molecule has 0 spiro atoms. The third-order valence-electron chi connectivity index (χ3n) is 4.69. The molecule has 0 rings (SSSR count). The Bertz CT molecular complexity index is 424. The first-order chi connectivity index (χ1) is 14.1. The topological polar surface area (TPSA) is 46.6 Å². The lowest BCUT2D eigenvalue weighted by molar-refractivity contribution is -0.142. The third kappa shape index (κ3) is 23.3. The molecule has 0 saturated heterocycles. The quantitative estimate of drug-likeness (QED) is 0.127. The Morgan fingerprint density at radius 1 is 0.897 bits per heavy atom. The van der Waals surface area contributed by atoms with Gasteiger partial charge in [0.1, 0.15) is 5.78 Å². The summed E-state index contributed by atoms with van der Waals surface area (Å²) >= 11 is 1.76. The molecule has 0 aliphatic heterocycles. The number of ketones is 1. The monoisotopic (exact) mass is 427 g/mol. The average molecular weight is 428 g/mol. The van der Waals surface area contributed by atoms with E-state index >= 15 is 0 Å². The summed E-state index contributed by atoms with van der Waals surface area (Å²) in [6.07, 6.45) is 18.4. The molecular weight excluding hydrogens is 382 g/mol. The highest BCUT2D eigenvalue weighted by Gasteiger charge is 2.02. The number of unbranched alkanes of at least 4 members (excludes halogenated alkanes) is 9. The summed E-state index contributed by atoms with van der Waals surface area (Å²) in [7, 11) is 4.13. The minimum Gasteiger partial charge on any atom is -0.465 e. The van der Waals surface area contributed by atoms with Crippen molar-refractivity contribution >= 4 is 23.5 Å². The summed E-state index contributed by atoms with van der Waals surface area (Å²) in [5.41, 5.74) is 0. The van der Waals surface area contributed by atoms with Gasteiger partial charge < -0.3 is 9.64 Å². The van der Waals surface area contributed by atoms with Crippen LogP contribution in [0.4, 0.5) is 0 Å². The van der Waals surface area contributed by atoms with Crippen LogP contribution in [0.5, 0.6) is 0 Å². The Morgan fingerprint density at radius 3 is 2.14 bits per heavy atom. The summed E-state index contributed by atoms with van der Waals surface area (Å²) < 4.78 is 5.03. The predicted octanol–water partition coefficient (Wildman–Crippen LogP) is 6.04. The maximum absolute atomic E-state index is 11.8. The first-order valence-electron chi connectivity index (χ1n) is 11.6. The second kappa shape index (κ2) is 21.9. The van der Waals surface area contributed by atoms with Crippen molar-refractivity contribution in [2.24, 2.45) is 0 Å². The molecule has 0 unspecified atom stereocenters. The van der Waals surface area contributed by atoms with E-state index in [2.05, 4.69) is 25.1 Å². The molecule has 0 bridgehead atoms. The number of esters is 1.